The van der Waals surface area contributed by atoms with Gasteiger partial charge >= 0.3 is 0 Å². The van der Waals surface area contributed by atoms with Crippen molar-refractivity contribution in [3.8, 4) is 5.75 Å². The van der Waals surface area contributed by atoms with Crippen molar-refractivity contribution in [3.05, 3.63) is 83.4 Å². The molecule has 3 aromatic rings. The molecule has 38 heavy (non-hydrogen) atoms. The Balaban J connectivity index is 1.35. The number of fused-ring (bicyclic) bond motifs is 1. The van der Waals surface area contributed by atoms with Gasteiger partial charge in [-0.25, -0.2) is 13.1 Å². The van der Waals surface area contributed by atoms with Gasteiger partial charge < -0.3 is 15.0 Å². The summed E-state index contributed by atoms with van der Waals surface area (Å²) in [6.07, 6.45) is 1.46. The van der Waals surface area contributed by atoms with Crippen LogP contribution >= 0.6 is 0 Å². The van der Waals surface area contributed by atoms with Crippen molar-refractivity contribution in [3.63, 3.8) is 0 Å². The molecule has 0 unspecified atom stereocenters. The van der Waals surface area contributed by atoms with Gasteiger partial charge in [-0.15, -0.1) is 0 Å². The Labute approximate surface area is 224 Å². The highest BCUT2D eigenvalue weighted by molar-refractivity contribution is 7.89. The largest absolute Gasteiger partial charge is 0.497 e. The molecular formula is C29H33N3O5S. The molecule has 0 saturated carbocycles. The Hall–Kier alpha value is -3.69. The van der Waals surface area contributed by atoms with Crippen molar-refractivity contribution in [2.24, 2.45) is 5.92 Å². The fourth-order valence-corrected chi connectivity index (χ4v) is 5.45. The zero-order valence-electron chi connectivity index (χ0n) is 21.9. The summed E-state index contributed by atoms with van der Waals surface area (Å²) in [5.74, 6) is 0.643. The number of hydrogen-bond acceptors (Lipinski definition) is 5. The first kappa shape index (κ1) is 27.3. The zero-order valence-corrected chi connectivity index (χ0v) is 22.7. The molecule has 0 aliphatic carbocycles. The minimum atomic E-state index is -3.54. The highest BCUT2D eigenvalue weighted by Crippen LogP contribution is 2.32. The topological polar surface area (TPSA) is 105 Å². The van der Waals surface area contributed by atoms with Gasteiger partial charge in [-0.05, 0) is 78.4 Å². The Morgan fingerprint density at radius 2 is 1.71 bits per heavy atom. The average Bonchev–Trinajstić information content (AvgIpc) is 3.34. The van der Waals surface area contributed by atoms with Crippen LogP contribution in [0.4, 0.5) is 11.4 Å². The fourth-order valence-electron chi connectivity index (χ4n) is 4.23. The van der Waals surface area contributed by atoms with E-state index in [2.05, 4.69) is 10.0 Å². The highest BCUT2D eigenvalue weighted by atomic mass is 32.2. The van der Waals surface area contributed by atoms with E-state index in [4.69, 9.17) is 4.74 Å². The van der Waals surface area contributed by atoms with Crippen LogP contribution < -0.4 is 19.7 Å². The summed E-state index contributed by atoms with van der Waals surface area (Å²) >= 11 is 0. The number of amides is 2. The van der Waals surface area contributed by atoms with E-state index in [9.17, 15) is 18.0 Å². The summed E-state index contributed by atoms with van der Waals surface area (Å²) < 4.78 is 32.5. The van der Waals surface area contributed by atoms with Gasteiger partial charge in [0.05, 0.1) is 12.0 Å². The van der Waals surface area contributed by atoms with Gasteiger partial charge in [0.25, 0.3) is 5.91 Å². The molecule has 0 saturated heterocycles. The van der Waals surface area contributed by atoms with Crippen molar-refractivity contribution >= 4 is 33.2 Å². The Morgan fingerprint density at radius 3 is 2.37 bits per heavy atom. The zero-order chi connectivity index (χ0) is 27.3. The second-order valence-electron chi connectivity index (χ2n) is 9.72. The summed E-state index contributed by atoms with van der Waals surface area (Å²) in [6.45, 7) is 4.84. The number of rotatable bonds is 10. The SMILES string of the molecule is COc1ccc(C(=O)N2CCc3ccc(NC(=O)CCc4ccc(S(=O)(=O)NCC(C)C)cc4)cc32)cc1. The molecule has 4 rings (SSSR count). The standard InChI is InChI=1S/C29H33N3O5S/c1-20(2)19-30-38(35,36)26-13-4-21(5-14-26)6-15-28(33)31-24-10-7-22-16-17-32(27(22)18-24)29(34)23-8-11-25(37-3)12-9-23/h4-5,7-14,18,20,30H,6,15-17,19H2,1-3H3,(H,31,33). The van der Waals surface area contributed by atoms with E-state index in [1.54, 1.807) is 60.5 Å². The first-order chi connectivity index (χ1) is 18.2. The summed E-state index contributed by atoms with van der Waals surface area (Å²) in [4.78, 5) is 27.7. The second kappa shape index (κ2) is 11.8. The number of carbonyl (C=O) groups excluding carboxylic acids is 2. The van der Waals surface area contributed by atoms with Crippen LogP contribution in [-0.2, 0) is 27.7 Å². The third-order valence-corrected chi connectivity index (χ3v) is 7.84. The molecule has 0 fully saturated rings. The summed E-state index contributed by atoms with van der Waals surface area (Å²) in [5.41, 5.74) is 3.92. The summed E-state index contributed by atoms with van der Waals surface area (Å²) in [7, 11) is -1.96. The molecule has 0 spiro atoms. The fraction of sp³-hybridized carbons (Fsp3) is 0.310. The van der Waals surface area contributed by atoms with Crippen LogP contribution in [-0.4, -0.2) is 40.4 Å². The third kappa shape index (κ3) is 6.59. The minimum Gasteiger partial charge on any atom is -0.497 e. The number of nitrogens with zero attached hydrogens (tertiary/aromatic N) is 1. The first-order valence-corrected chi connectivity index (χ1v) is 14.1. The van der Waals surface area contributed by atoms with E-state index in [0.717, 1.165) is 23.2 Å². The maximum atomic E-state index is 13.1. The van der Waals surface area contributed by atoms with Crippen molar-refractivity contribution in [2.75, 3.05) is 30.4 Å². The molecule has 0 atom stereocenters. The van der Waals surface area contributed by atoms with Crippen molar-refractivity contribution in [2.45, 2.75) is 38.0 Å². The van der Waals surface area contributed by atoms with Gasteiger partial charge in [0, 0.05) is 36.4 Å². The smallest absolute Gasteiger partial charge is 0.258 e. The van der Waals surface area contributed by atoms with Gasteiger partial charge in [0.2, 0.25) is 15.9 Å². The third-order valence-electron chi connectivity index (χ3n) is 6.40. The highest BCUT2D eigenvalue weighted by Gasteiger charge is 2.26. The number of aryl methyl sites for hydroxylation is 1. The van der Waals surface area contributed by atoms with Crippen LogP contribution in [0.3, 0.4) is 0 Å². The Bertz CT molecular complexity index is 1400. The van der Waals surface area contributed by atoms with Crippen molar-refractivity contribution in [1.82, 2.24) is 4.72 Å². The number of sulfonamides is 1. The molecule has 3 aromatic carbocycles. The monoisotopic (exact) mass is 535 g/mol. The molecule has 8 nitrogen and oxygen atoms in total. The molecule has 1 aliphatic rings. The predicted molar refractivity (Wildman–Crippen MR) is 148 cm³/mol. The van der Waals surface area contributed by atoms with E-state index in [-0.39, 0.29) is 29.0 Å². The number of ether oxygens (including phenoxy) is 1. The van der Waals surface area contributed by atoms with Gasteiger partial charge in [-0.2, -0.15) is 0 Å². The average molecular weight is 536 g/mol. The van der Waals surface area contributed by atoms with Gasteiger partial charge in [-0.3, -0.25) is 9.59 Å². The van der Waals surface area contributed by atoms with Crippen LogP contribution in [0.25, 0.3) is 0 Å². The lowest BCUT2D eigenvalue weighted by molar-refractivity contribution is -0.116. The summed E-state index contributed by atoms with van der Waals surface area (Å²) in [5, 5.41) is 2.92. The lowest BCUT2D eigenvalue weighted by Crippen LogP contribution is -2.28. The molecule has 0 bridgehead atoms. The second-order valence-corrected chi connectivity index (χ2v) is 11.5. The maximum absolute atomic E-state index is 13.1. The quantitative estimate of drug-likeness (QED) is 0.400. The Morgan fingerprint density at radius 1 is 1.00 bits per heavy atom. The van der Waals surface area contributed by atoms with E-state index < -0.39 is 10.0 Å². The van der Waals surface area contributed by atoms with Gasteiger partial charge in [-0.1, -0.05) is 32.0 Å². The molecule has 0 radical (unpaired) electrons. The molecule has 2 amide bonds. The summed E-state index contributed by atoms with van der Waals surface area (Å²) in [6, 6.07) is 19.2. The molecular weight excluding hydrogens is 502 g/mol. The van der Waals surface area contributed by atoms with E-state index in [1.807, 2.05) is 32.0 Å². The van der Waals surface area contributed by atoms with E-state index in [0.29, 0.717) is 36.5 Å². The van der Waals surface area contributed by atoms with Crippen LogP contribution in [0.15, 0.2) is 71.6 Å². The van der Waals surface area contributed by atoms with Gasteiger partial charge in [0.15, 0.2) is 0 Å². The molecule has 1 aliphatic heterocycles. The number of anilines is 2. The molecule has 1 heterocycles. The van der Waals surface area contributed by atoms with Crippen LogP contribution in [0.5, 0.6) is 5.75 Å². The lowest BCUT2D eigenvalue weighted by atomic mass is 10.1. The van der Waals surface area contributed by atoms with Crippen LogP contribution in [0, 0.1) is 5.92 Å². The molecule has 200 valence electrons. The van der Waals surface area contributed by atoms with Crippen molar-refractivity contribution < 1.29 is 22.7 Å². The molecule has 2 N–H and O–H groups in total. The maximum Gasteiger partial charge on any atom is 0.258 e. The number of nitrogens with one attached hydrogen (secondary N) is 2. The minimum absolute atomic E-state index is 0.0975. The number of hydrogen-bond donors (Lipinski definition) is 2. The van der Waals surface area contributed by atoms with Gasteiger partial charge in [0.1, 0.15) is 5.75 Å². The number of methoxy groups -OCH3 is 1. The molecule has 0 aromatic heterocycles. The number of carbonyl (C=O) groups is 2. The van der Waals surface area contributed by atoms with Crippen molar-refractivity contribution in [1.29, 1.82) is 0 Å². The lowest BCUT2D eigenvalue weighted by Gasteiger charge is -2.18. The first-order valence-electron chi connectivity index (χ1n) is 12.6. The van der Waals surface area contributed by atoms with Crippen LogP contribution in [0.1, 0.15) is 41.8 Å². The normalized spacial score (nSPS) is 12.9. The van der Waals surface area contributed by atoms with Crippen LogP contribution in [0.2, 0.25) is 0 Å². The molecule has 9 heteroatoms. The number of benzene rings is 3. The predicted octanol–water partition coefficient (Wildman–Crippen LogP) is 4.40. The Kier molecular flexibility index (Phi) is 8.48. The van der Waals surface area contributed by atoms with E-state index in [1.165, 1.54) is 0 Å². The van der Waals surface area contributed by atoms with E-state index >= 15 is 0 Å².